The van der Waals surface area contributed by atoms with Gasteiger partial charge in [-0.25, -0.2) is 0 Å². The fraction of sp³-hybridized carbons (Fsp3) is 0.500. The van der Waals surface area contributed by atoms with Crippen molar-refractivity contribution < 1.29 is 19.4 Å². The second kappa shape index (κ2) is 5.82. The summed E-state index contributed by atoms with van der Waals surface area (Å²) in [5.41, 5.74) is 2.02. The summed E-state index contributed by atoms with van der Waals surface area (Å²) in [5, 5.41) is 12.1. The molecule has 1 aliphatic heterocycles. The van der Waals surface area contributed by atoms with Gasteiger partial charge in [0.05, 0.1) is 5.92 Å². The van der Waals surface area contributed by atoms with Gasteiger partial charge in [0, 0.05) is 18.3 Å². The summed E-state index contributed by atoms with van der Waals surface area (Å²) in [6.07, 6.45) is 0.587. The van der Waals surface area contributed by atoms with E-state index >= 15 is 0 Å². The number of aliphatic carboxylic acids is 1. The Morgan fingerprint density at radius 3 is 2.63 bits per heavy atom. The van der Waals surface area contributed by atoms with Crippen molar-refractivity contribution in [3.8, 4) is 11.5 Å². The zero-order chi connectivity index (χ0) is 13.8. The van der Waals surface area contributed by atoms with Crippen molar-refractivity contribution in [1.29, 1.82) is 0 Å². The number of ether oxygens (including phenoxy) is 2. The van der Waals surface area contributed by atoms with Crippen LogP contribution in [0.15, 0.2) is 12.1 Å². The monoisotopic (exact) mass is 265 g/mol. The molecule has 0 spiro atoms. The zero-order valence-corrected chi connectivity index (χ0v) is 11.2. The first-order valence-electron chi connectivity index (χ1n) is 6.45. The van der Waals surface area contributed by atoms with E-state index in [1.165, 1.54) is 0 Å². The molecule has 1 aliphatic rings. The van der Waals surface area contributed by atoms with Gasteiger partial charge in [0.15, 0.2) is 11.5 Å². The Kier molecular flexibility index (Phi) is 4.14. The van der Waals surface area contributed by atoms with E-state index in [2.05, 4.69) is 5.32 Å². The first kappa shape index (κ1) is 13.5. The molecular weight excluding hydrogens is 246 g/mol. The molecule has 0 saturated carbocycles. The number of aryl methyl sites for hydroxylation is 1. The lowest BCUT2D eigenvalue weighted by atomic mass is 10.1. The van der Waals surface area contributed by atoms with Crippen LogP contribution >= 0.6 is 0 Å². The first-order chi connectivity index (χ1) is 9.08. The molecule has 0 fully saturated rings. The summed E-state index contributed by atoms with van der Waals surface area (Å²) in [5.74, 6) is 0.407. The third kappa shape index (κ3) is 3.30. The van der Waals surface area contributed by atoms with Crippen LogP contribution in [0.1, 0.15) is 18.9 Å². The molecule has 1 heterocycles. The van der Waals surface area contributed by atoms with Crippen LogP contribution in [0.5, 0.6) is 11.5 Å². The molecule has 1 aromatic carbocycles. The number of carbonyl (C=O) groups is 1. The predicted octanol–water partition coefficient (Wildman–Crippen LogP) is 2.29. The Hall–Kier alpha value is -1.91. The van der Waals surface area contributed by atoms with Crippen LogP contribution in [0.3, 0.4) is 0 Å². The van der Waals surface area contributed by atoms with Gasteiger partial charge in [-0.1, -0.05) is 6.92 Å². The van der Waals surface area contributed by atoms with Gasteiger partial charge < -0.3 is 19.9 Å². The van der Waals surface area contributed by atoms with Gasteiger partial charge >= 0.3 is 5.97 Å². The average Bonchev–Trinajstić information content (AvgIpc) is 2.39. The van der Waals surface area contributed by atoms with Crippen molar-refractivity contribution in [2.75, 3.05) is 25.1 Å². The summed E-state index contributed by atoms with van der Waals surface area (Å²) in [7, 11) is 0. The molecule has 2 rings (SSSR count). The van der Waals surface area contributed by atoms with Gasteiger partial charge in [-0.3, -0.25) is 4.79 Å². The number of hydrogen-bond acceptors (Lipinski definition) is 4. The molecule has 5 nitrogen and oxygen atoms in total. The van der Waals surface area contributed by atoms with E-state index in [-0.39, 0.29) is 5.92 Å². The van der Waals surface area contributed by atoms with Crippen molar-refractivity contribution in [3.63, 3.8) is 0 Å². The van der Waals surface area contributed by atoms with E-state index in [0.717, 1.165) is 22.7 Å². The molecule has 2 N–H and O–H groups in total. The molecule has 104 valence electrons. The van der Waals surface area contributed by atoms with Gasteiger partial charge in [0.25, 0.3) is 0 Å². The lowest BCUT2D eigenvalue weighted by molar-refractivity contribution is -0.141. The second-order valence-corrected chi connectivity index (χ2v) is 4.77. The van der Waals surface area contributed by atoms with Crippen molar-refractivity contribution in [2.45, 2.75) is 20.3 Å². The standard InChI is InChI=1S/C14H19NO4/c1-9(14(16)17)3-4-15-11-8-13-12(7-10(11)2)18-5-6-19-13/h7-9,15H,3-6H2,1-2H3,(H,16,17). The van der Waals surface area contributed by atoms with Crippen LogP contribution in [0, 0.1) is 12.8 Å². The molecule has 0 aromatic heterocycles. The first-order valence-corrected chi connectivity index (χ1v) is 6.45. The SMILES string of the molecule is Cc1cc2c(cc1NCCC(C)C(=O)O)OCCO2. The van der Waals surface area contributed by atoms with Crippen LogP contribution < -0.4 is 14.8 Å². The number of fused-ring (bicyclic) bond motifs is 1. The van der Waals surface area contributed by atoms with E-state index in [4.69, 9.17) is 14.6 Å². The Bertz CT molecular complexity index is 473. The number of carboxylic acid groups (broad SMARTS) is 1. The highest BCUT2D eigenvalue weighted by molar-refractivity contribution is 5.69. The van der Waals surface area contributed by atoms with E-state index in [1.807, 2.05) is 19.1 Å². The summed E-state index contributed by atoms with van der Waals surface area (Å²) in [6.45, 7) is 5.46. The summed E-state index contributed by atoms with van der Waals surface area (Å²) >= 11 is 0. The lowest BCUT2D eigenvalue weighted by Crippen LogP contribution is -2.17. The fourth-order valence-corrected chi connectivity index (χ4v) is 1.93. The molecule has 0 radical (unpaired) electrons. The maximum Gasteiger partial charge on any atom is 0.306 e. The van der Waals surface area contributed by atoms with Crippen molar-refractivity contribution in [2.24, 2.45) is 5.92 Å². The van der Waals surface area contributed by atoms with E-state index in [1.54, 1.807) is 6.92 Å². The molecule has 0 saturated heterocycles. The Morgan fingerprint density at radius 1 is 1.37 bits per heavy atom. The van der Waals surface area contributed by atoms with Crippen LogP contribution in [-0.4, -0.2) is 30.8 Å². The Morgan fingerprint density at radius 2 is 2.00 bits per heavy atom. The number of anilines is 1. The van der Waals surface area contributed by atoms with Gasteiger partial charge in [0.2, 0.25) is 0 Å². The number of carboxylic acids is 1. The highest BCUT2D eigenvalue weighted by Gasteiger charge is 2.15. The van der Waals surface area contributed by atoms with Gasteiger partial charge in [-0.05, 0) is 25.0 Å². The van der Waals surface area contributed by atoms with Crippen molar-refractivity contribution in [1.82, 2.24) is 0 Å². The van der Waals surface area contributed by atoms with Crippen LogP contribution in [-0.2, 0) is 4.79 Å². The molecule has 0 amide bonds. The molecule has 19 heavy (non-hydrogen) atoms. The fourth-order valence-electron chi connectivity index (χ4n) is 1.93. The minimum absolute atomic E-state index is 0.343. The highest BCUT2D eigenvalue weighted by atomic mass is 16.6. The molecule has 1 aromatic rings. The second-order valence-electron chi connectivity index (χ2n) is 4.77. The quantitative estimate of drug-likeness (QED) is 0.855. The minimum atomic E-state index is -0.763. The van der Waals surface area contributed by atoms with Crippen molar-refractivity contribution >= 4 is 11.7 Å². The zero-order valence-electron chi connectivity index (χ0n) is 11.2. The Balaban J connectivity index is 1.98. The summed E-state index contributed by atoms with van der Waals surface area (Å²) in [6, 6.07) is 3.85. The van der Waals surface area contributed by atoms with Crippen molar-refractivity contribution in [3.05, 3.63) is 17.7 Å². The molecule has 0 bridgehead atoms. The molecule has 0 aliphatic carbocycles. The number of benzene rings is 1. The van der Waals surface area contributed by atoms with E-state index in [9.17, 15) is 4.79 Å². The van der Waals surface area contributed by atoms with E-state index in [0.29, 0.717) is 26.2 Å². The smallest absolute Gasteiger partial charge is 0.306 e. The third-order valence-electron chi connectivity index (χ3n) is 3.20. The number of nitrogens with one attached hydrogen (secondary N) is 1. The van der Waals surface area contributed by atoms with Crippen LogP contribution in [0.4, 0.5) is 5.69 Å². The number of hydrogen-bond donors (Lipinski definition) is 2. The Labute approximate surface area is 112 Å². The molecule has 5 heteroatoms. The van der Waals surface area contributed by atoms with Crippen LogP contribution in [0.2, 0.25) is 0 Å². The highest BCUT2D eigenvalue weighted by Crippen LogP contribution is 2.35. The van der Waals surface area contributed by atoms with Gasteiger partial charge in [-0.2, -0.15) is 0 Å². The average molecular weight is 265 g/mol. The third-order valence-corrected chi connectivity index (χ3v) is 3.20. The normalized spacial score (nSPS) is 14.8. The predicted molar refractivity (Wildman–Crippen MR) is 72.1 cm³/mol. The van der Waals surface area contributed by atoms with Gasteiger partial charge in [0.1, 0.15) is 13.2 Å². The molecule has 1 unspecified atom stereocenters. The number of rotatable bonds is 5. The van der Waals surface area contributed by atoms with Crippen LogP contribution in [0.25, 0.3) is 0 Å². The van der Waals surface area contributed by atoms with E-state index < -0.39 is 5.97 Å². The summed E-state index contributed by atoms with van der Waals surface area (Å²) in [4.78, 5) is 10.7. The summed E-state index contributed by atoms with van der Waals surface area (Å²) < 4.78 is 11.0. The molecule has 1 atom stereocenters. The molecular formula is C14H19NO4. The maximum atomic E-state index is 10.7. The lowest BCUT2D eigenvalue weighted by Gasteiger charge is -2.21. The maximum absolute atomic E-state index is 10.7. The minimum Gasteiger partial charge on any atom is -0.486 e. The largest absolute Gasteiger partial charge is 0.486 e. The topological polar surface area (TPSA) is 67.8 Å². The van der Waals surface area contributed by atoms with Gasteiger partial charge in [-0.15, -0.1) is 0 Å².